The third-order valence-electron chi connectivity index (χ3n) is 2.25. The van der Waals surface area contributed by atoms with Crippen molar-refractivity contribution in [3.05, 3.63) is 39.2 Å². The Balaban J connectivity index is 3.18. The van der Waals surface area contributed by atoms with Crippen molar-refractivity contribution in [2.24, 2.45) is 0 Å². The second kappa shape index (κ2) is 5.45. The Morgan fingerprint density at radius 1 is 1.35 bits per heavy atom. The molecular weight excluding hydrogens is 281 g/mol. The molecule has 0 unspecified atom stereocenters. The van der Waals surface area contributed by atoms with Crippen molar-refractivity contribution in [2.45, 2.75) is 19.4 Å². The van der Waals surface area contributed by atoms with E-state index >= 15 is 0 Å². The van der Waals surface area contributed by atoms with Crippen LogP contribution in [0, 0.1) is 27.6 Å². The summed E-state index contributed by atoms with van der Waals surface area (Å²) in [7, 11) is 0. The fraction of sp³-hybridized carbons (Fsp3) is 0.364. The molecular formula is C11H11F3N2O4. The molecule has 0 aromatic heterocycles. The van der Waals surface area contributed by atoms with Crippen molar-refractivity contribution in [2.75, 3.05) is 6.54 Å². The topological polar surface area (TPSA) is 92.5 Å². The lowest BCUT2D eigenvalue weighted by Gasteiger charge is -2.17. The third-order valence-corrected chi connectivity index (χ3v) is 2.25. The summed E-state index contributed by atoms with van der Waals surface area (Å²) in [5, 5.41) is 21.9. The average molecular weight is 292 g/mol. The number of halogens is 3. The highest BCUT2D eigenvalue weighted by molar-refractivity contribution is 5.95. The molecule has 0 bridgehead atoms. The lowest BCUT2D eigenvalue weighted by Crippen LogP contribution is -2.38. The standard InChI is InChI=1S/C11H11F3N2O4/c1-11(2,18)4-15-10(17)5-3-6(16(19)20)8(13)9(14)7(5)12/h3,18H,4H2,1-2H3,(H,15,17). The Morgan fingerprint density at radius 3 is 2.35 bits per heavy atom. The van der Waals surface area contributed by atoms with E-state index in [0.717, 1.165) is 0 Å². The summed E-state index contributed by atoms with van der Waals surface area (Å²) in [5.41, 5.74) is -3.69. The van der Waals surface area contributed by atoms with Crippen molar-refractivity contribution in [1.29, 1.82) is 0 Å². The minimum atomic E-state index is -2.10. The van der Waals surface area contributed by atoms with E-state index in [-0.39, 0.29) is 6.54 Å². The van der Waals surface area contributed by atoms with E-state index in [4.69, 9.17) is 0 Å². The van der Waals surface area contributed by atoms with Crippen molar-refractivity contribution in [1.82, 2.24) is 5.32 Å². The Bertz CT molecular complexity index is 570. The second-order valence-electron chi connectivity index (χ2n) is 4.64. The first-order chi connectivity index (χ1) is 9.04. The van der Waals surface area contributed by atoms with Gasteiger partial charge in [0.05, 0.1) is 16.1 Å². The van der Waals surface area contributed by atoms with E-state index < -0.39 is 45.1 Å². The van der Waals surface area contributed by atoms with E-state index in [9.17, 15) is 33.2 Å². The van der Waals surface area contributed by atoms with Gasteiger partial charge in [0.1, 0.15) is 0 Å². The van der Waals surface area contributed by atoms with E-state index in [1.54, 1.807) is 0 Å². The number of aliphatic hydroxyl groups is 1. The van der Waals surface area contributed by atoms with Crippen LogP contribution in [0.5, 0.6) is 0 Å². The first-order valence-electron chi connectivity index (χ1n) is 5.37. The number of carbonyl (C=O) groups is 1. The van der Waals surface area contributed by atoms with Gasteiger partial charge in [-0.15, -0.1) is 0 Å². The summed E-state index contributed by atoms with van der Waals surface area (Å²) in [5.74, 6) is -7.12. The molecule has 2 N–H and O–H groups in total. The molecule has 6 nitrogen and oxygen atoms in total. The highest BCUT2D eigenvalue weighted by Crippen LogP contribution is 2.25. The van der Waals surface area contributed by atoms with Gasteiger partial charge in [0.2, 0.25) is 11.6 Å². The lowest BCUT2D eigenvalue weighted by molar-refractivity contribution is -0.387. The van der Waals surface area contributed by atoms with E-state index in [0.29, 0.717) is 6.07 Å². The molecule has 1 aromatic rings. The predicted octanol–water partition coefficient (Wildman–Crippen LogP) is 1.51. The number of hydrogen-bond acceptors (Lipinski definition) is 4. The zero-order chi connectivity index (χ0) is 15.7. The van der Waals surface area contributed by atoms with Crippen LogP contribution in [0.15, 0.2) is 6.07 Å². The SMILES string of the molecule is CC(C)(O)CNC(=O)c1cc([N+](=O)[O-])c(F)c(F)c1F. The number of nitro groups is 1. The monoisotopic (exact) mass is 292 g/mol. The van der Waals surface area contributed by atoms with E-state index in [1.165, 1.54) is 13.8 Å². The van der Waals surface area contributed by atoms with Crippen LogP contribution in [-0.2, 0) is 0 Å². The first kappa shape index (κ1) is 15.9. The van der Waals surface area contributed by atoms with Crippen LogP contribution in [0.25, 0.3) is 0 Å². The summed E-state index contributed by atoms with van der Waals surface area (Å²) in [6.07, 6.45) is 0. The van der Waals surface area contributed by atoms with Crippen LogP contribution in [-0.4, -0.2) is 28.1 Å². The van der Waals surface area contributed by atoms with Gasteiger partial charge in [-0.05, 0) is 13.8 Å². The van der Waals surface area contributed by atoms with E-state index in [2.05, 4.69) is 5.32 Å². The van der Waals surface area contributed by atoms with Crippen molar-refractivity contribution in [3.63, 3.8) is 0 Å². The molecule has 1 rings (SSSR count). The van der Waals surface area contributed by atoms with Gasteiger partial charge in [-0.2, -0.15) is 4.39 Å². The number of nitrogens with one attached hydrogen (secondary N) is 1. The Labute approximate surface area is 111 Å². The largest absolute Gasteiger partial charge is 0.389 e. The van der Waals surface area contributed by atoms with Crippen molar-refractivity contribution < 1.29 is 28.0 Å². The summed E-state index contributed by atoms with van der Waals surface area (Å²) in [4.78, 5) is 20.8. The maximum absolute atomic E-state index is 13.4. The van der Waals surface area contributed by atoms with Gasteiger partial charge in [-0.3, -0.25) is 14.9 Å². The van der Waals surface area contributed by atoms with Crippen LogP contribution < -0.4 is 5.32 Å². The van der Waals surface area contributed by atoms with Gasteiger partial charge in [0.15, 0.2) is 5.82 Å². The minimum absolute atomic E-state index is 0.299. The number of nitro benzene ring substituents is 1. The van der Waals surface area contributed by atoms with Gasteiger partial charge in [-0.1, -0.05) is 0 Å². The molecule has 20 heavy (non-hydrogen) atoms. The number of nitrogens with zero attached hydrogens (tertiary/aromatic N) is 1. The Hall–Kier alpha value is -2.16. The quantitative estimate of drug-likeness (QED) is 0.500. The fourth-order valence-electron chi connectivity index (χ4n) is 1.28. The fourth-order valence-corrected chi connectivity index (χ4v) is 1.28. The average Bonchev–Trinajstić information content (AvgIpc) is 2.32. The molecule has 0 radical (unpaired) electrons. The van der Waals surface area contributed by atoms with Crippen LogP contribution >= 0.6 is 0 Å². The van der Waals surface area contributed by atoms with Crippen LogP contribution in [0.2, 0.25) is 0 Å². The van der Waals surface area contributed by atoms with Gasteiger partial charge >= 0.3 is 5.69 Å². The summed E-state index contributed by atoms with van der Waals surface area (Å²) >= 11 is 0. The molecule has 0 saturated heterocycles. The van der Waals surface area contributed by atoms with Gasteiger partial charge in [0, 0.05) is 12.6 Å². The molecule has 0 atom stereocenters. The molecule has 1 amide bonds. The number of amides is 1. The molecule has 0 saturated carbocycles. The minimum Gasteiger partial charge on any atom is -0.389 e. The molecule has 0 heterocycles. The normalized spacial score (nSPS) is 11.3. The van der Waals surface area contributed by atoms with Gasteiger partial charge < -0.3 is 10.4 Å². The molecule has 0 aliphatic carbocycles. The maximum Gasteiger partial charge on any atom is 0.308 e. The molecule has 110 valence electrons. The number of benzene rings is 1. The second-order valence-corrected chi connectivity index (χ2v) is 4.64. The van der Waals surface area contributed by atoms with Gasteiger partial charge in [-0.25, -0.2) is 8.78 Å². The Morgan fingerprint density at radius 2 is 1.90 bits per heavy atom. The predicted molar refractivity (Wildman–Crippen MR) is 61.6 cm³/mol. The van der Waals surface area contributed by atoms with Crippen LogP contribution in [0.3, 0.4) is 0 Å². The third kappa shape index (κ3) is 3.44. The maximum atomic E-state index is 13.4. The number of rotatable bonds is 4. The molecule has 0 spiro atoms. The molecule has 0 aliphatic heterocycles. The highest BCUT2D eigenvalue weighted by Gasteiger charge is 2.29. The smallest absolute Gasteiger partial charge is 0.308 e. The lowest BCUT2D eigenvalue weighted by atomic mass is 10.1. The molecule has 0 fully saturated rings. The molecule has 1 aromatic carbocycles. The zero-order valence-electron chi connectivity index (χ0n) is 10.5. The van der Waals surface area contributed by atoms with Crippen molar-refractivity contribution >= 4 is 11.6 Å². The summed E-state index contributed by atoms with van der Waals surface area (Å²) < 4.78 is 39.7. The molecule has 0 aliphatic rings. The summed E-state index contributed by atoms with van der Waals surface area (Å²) in [6.45, 7) is 2.38. The zero-order valence-corrected chi connectivity index (χ0v) is 10.5. The van der Waals surface area contributed by atoms with Crippen LogP contribution in [0.4, 0.5) is 18.9 Å². The van der Waals surface area contributed by atoms with Crippen LogP contribution in [0.1, 0.15) is 24.2 Å². The highest BCUT2D eigenvalue weighted by atomic mass is 19.2. The van der Waals surface area contributed by atoms with Crippen molar-refractivity contribution in [3.8, 4) is 0 Å². The Kier molecular flexibility index (Phi) is 4.33. The number of hydrogen-bond donors (Lipinski definition) is 2. The van der Waals surface area contributed by atoms with E-state index in [1.807, 2.05) is 0 Å². The van der Waals surface area contributed by atoms with Gasteiger partial charge in [0.25, 0.3) is 5.91 Å². The summed E-state index contributed by atoms with van der Waals surface area (Å²) in [6, 6.07) is 0.299. The molecule has 9 heteroatoms. The number of carbonyl (C=O) groups excluding carboxylic acids is 1. The first-order valence-corrected chi connectivity index (χ1v) is 5.37.